The van der Waals surface area contributed by atoms with E-state index in [1.165, 1.54) is 12.1 Å². The van der Waals surface area contributed by atoms with Crippen LogP contribution in [0.2, 0.25) is 0 Å². The van der Waals surface area contributed by atoms with E-state index in [0.29, 0.717) is 11.1 Å². The van der Waals surface area contributed by atoms with Crippen LogP contribution >= 0.6 is 0 Å². The summed E-state index contributed by atoms with van der Waals surface area (Å²) in [4.78, 5) is 12.8. The van der Waals surface area contributed by atoms with E-state index in [9.17, 15) is 18.0 Å². The van der Waals surface area contributed by atoms with Gasteiger partial charge in [-0.15, -0.1) is 5.11 Å². The highest BCUT2D eigenvalue weighted by atomic mass is 19.4. The minimum absolute atomic E-state index is 0.00922. The lowest BCUT2D eigenvalue weighted by atomic mass is 10.0. The molecule has 0 aliphatic heterocycles. The minimum atomic E-state index is -4.40. The first-order chi connectivity index (χ1) is 15.0. The SMILES string of the molecule is CC(C)[C@@H](OCc1ccc(C(F)(F)F)cc1)C(=O)N[C@@H](C)c1ccc(C(=N)N=NN)cc1. The number of nitrogens with zero attached hydrogens (tertiary/aromatic N) is 2. The number of nitrogens with two attached hydrogens (primary N) is 1. The van der Waals surface area contributed by atoms with E-state index in [4.69, 9.17) is 16.0 Å². The second-order valence-corrected chi connectivity index (χ2v) is 7.59. The predicted octanol–water partition coefficient (Wildman–Crippen LogP) is 4.78. The average Bonchev–Trinajstić information content (AvgIpc) is 2.73. The van der Waals surface area contributed by atoms with Crippen molar-refractivity contribution in [3.63, 3.8) is 0 Å². The summed E-state index contributed by atoms with van der Waals surface area (Å²) in [6, 6.07) is 11.2. The monoisotopic (exact) mass is 449 g/mol. The molecule has 0 heterocycles. The van der Waals surface area contributed by atoms with Gasteiger partial charge in [0.2, 0.25) is 5.91 Å². The van der Waals surface area contributed by atoms with Crippen molar-refractivity contribution in [3.05, 3.63) is 70.8 Å². The number of hydrogen-bond donors (Lipinski definition) is 3. The molecule has 1 amide bonds. The van der Waals surface area contributed by atoms with Crippen LogP contribution in [0.25, 0.3) is 0 Å². The summed E-state index contributed by atoms with van der Waals surface area (Å²) in [6.45, 7) is 5.47. The summed E-state index contributed by atoms with van der Waals surface area (Å²) in [5.74, 6) is 4.40. The normalized spacial score (nSPS) is 13.8. The molecule has 2 aromatic carbocycles. The third-order valence-electron chi connectivity index (χ3n) is 4.78. The number of amidine groups is 1. The van der Waals surface area contributed by atoms with Crippen LogP contribution in [0.1, 0.15) is 49.1 Å². The van der Waals surface area contributed by atoms with Crippen LogP contribution in [0.4, 0.5) is 13.2 Å². The Kier molecular flexibility index (Phi) is 8.48. The molecule has 0 unspecified atom stereocenters. The van der Waals surface area contributed by atoms with Crippen LogP contribution < -0.4 is 11.2 Å². The Labute approximate surface area is 184 Å². The van der Waals surface area contributed by atoms with Gasteiger partial charge < -0.3 is 15.9 Å². The van der Waals surface area contributed by atoms with Crippen LogP contribution in [0, 0.1) is 11.3 Å². The number of rotatable bonds is 8. The van der Waals surface area contributed by atoms with Crippen molar-refractivity contribution in [2.45, 2.75) is 45.7 Å². The molecule has 2 aromatic rings. The van der Waals surface area contributed by atoms with Crippen molar-refractivity contribution in [2.75, 3.05) is 0 Å². The van der Waals surface area contributed by atoms with E-state index in [0.717, 1.165) is 17.7 Å². The third kappa shape index (κ3) is 6.88. The van der Waals surface area contributed by atoms with Crippen molar-refractivity contribution < 1.29 is 22.7 Å². The Morgan fingerprint density at radius 3 is 2.19 bits per heavy atom. The number of alkyl halides is 3. The molecule has 0 aromatic heterocycles. The lowest BCUT2D eigenvalue weighted by Gasteiger charge is -2.24. The first-order valence-corrected chi connectivity index (χ1v) is 9.90. The maximum absolute atomic E-state index is 12.8. The lowest BCUT2D eigenvalue weighted by Crippen LogP contribution is -2.40. The van der Waals surface area contributed by atoms with Gasteiger partial charge in [-0.1, -0.05) is 55.5 Å². The predicted molar refractivity (Wildman–Crippen MR) is 114 cm³/mol. The van der Waals surface area contributed by atoms with E-state index in [-0.39, 0.29) is 30.3 Å². The second-order valence-electron chi connectivity index (χ2n) is 7.59. The molecule has 2 rings (SSSR count). The molecule has 2 atom stereocenters. The highest BCUT2D eigenvalue weighted by Crippen LogP contribution is 2.29. The van der Waals surface area contributed by atoms with Crippen molar-refractivity contribution in [3.8, 4) is 0 Å². The first kappa shape index (κ1) is 25.0. The molecule has 0 radical (unpaired) electrons. The van der Waals surface area contributed by atoms with Crippen LogP contribution in [0.5, 0.6) is 0 Å². The van der Waals surface area contributed by atoms with Crippen LogP contribution in [0.3, 0.4) is 0 Å². The molecule has 0 aliphatic carbocycles. The van der Waals surface area contributed by atoms with Crippen molar-refractivity contribution in [2.24, 2.45) is 22.1 Å². The van der Waals surface area contributed by atoms with Crippen molar-refractivity contribution in [1.29, 1.82) is 5.41 Å². The number of amides is 1. The van der Waals surface area contributed by atoms with Crippen LogP contribution in [0.15, 0.2) is 58.9 Å². The van der Waals surface area contributed by atoms with Gasteiger partial charge in [-0.2, -0.15) is 13.2 Å². The Bertz CT molecular complexity index is 942. The number of halogens is 3. The fraction of sp³-hybridized carbons (Fsp3) is 0.364. The molecular weight excluding hydrogens is 423 g/mol. The first-order valence-electron chi connectivity index (χ1n) is 9.90. The zero-order chi connectivity index (χ0) is 23.9. The standard InChI is InChI=1S/C22H26F3N5O2/c1-13(2)19(32-12-15-4-10-18(11-5-15)22(23,24)25)21(31)28-14(3)16-6-8-17(9-7-16)20(26)29-30-27/h4-11,13-14,19H,12H2,1-3H3,(H,28,31)(H3,26,27,29)/t14-,19+/m0/s1. The molecule has 0 spiro atoms. The Morgan fingerprint density at radius 2 is 1.69 bits per heavy atom. The van der Waals surface area contributed by atoms with E-state index >= 15 is 0 Å². The smallest absolute Gasteiger partial charge is 0.363 e. The highest BCUT2D eigenvalue weighted by molar-refractivity contribution is 5.96. The molecule has 0 fully saturated rings. The van der Waals surface area contributed by atoms with Crippen LogP contribution in [-0.2, 0) is 22.3 Å². The summed E-state index contributed by atoms with van der Waals surface area (Å²) in [5, 5.41) is 17.1. The summed E-state index contributed by atoms with van der Waals surface area (Å²) < 4.78 is 43.8. The zero-order valence-corrected chi connectivity index (χ0v) is 18.0. The molecule has 10 heteroatoms. The van der Waals surface area contributed by atoms with Gasteiger partial charge in [0, 0.05) is 5.56 Å². The largest absolute Gasteiger partial charge is 0.416 e. The van der Waals surface area contributed by atoms with Crippen molar-refractivity contribution >= 4 is 11.7 Å². The van der Waals surface area contributed by atoms with Gasteiger partial charge in [0.25, 0.3) is 0 Å². The molecule has 0 saturated heterocycles. The summed E-state index contributed by atoms with van der Waals surface area (Å²) in [5.41, 5.74) is 1.14. The summed E-state index contributed by atoms with van der Waals surface area (Å²) in [7, 11) is 0. The minimum Gasteiger partial charge on any atom is -0.363 e. The van der Waals surface area contributed by atoms with Gasteiger partial charge in [-0.3, -0.25) is 10.2 Å². The van der Waals surface area contributed by atoms with E-state index < -0.39 is 17.8 Å². The molecular formula is C22H26F3N5O2. The Morgan fingerprint density at radius 1 is 1.09 bits per heavy atom. The molecule has 7 nitrogen and oxygen atoms in total. The number of ether oxygens (including phenoxy) is 1. The maximum atomic E-state index is 12.8. The quantitative estimate of drug-likeness (QED) is 0.177. The number of nitrogens with one attached hydrogen (secondary N) is 2. The van der Waals surface area contributed by atoms with Gasteiger partial charge >= 0.3 is 6.18 Å². The topological polar surface area (TPSA) is 113 Å². The highest BCUT2D eigenvalue weighted by Gasteiger charge is 2.30. The number of benzene rings is 2. The van der Waals surface area contributed by atoms with E-state index in [2.05, 4.69) is 15.7 Å². The third-order valence-corrected chi connectivity index (χ3v) is 4.78. The number of carbonyl (C=O) groups is 1. The zero-order valence-electron chi connectivity index (χ0n) is 18.0. The number of carbonyl (C=O) groups excluding carboxylic acids is 1. The van der Waals surface area contributed by atoms with Gasteiger partial charge in [0.05, 0.1) is 18.2 Å². The van der Waals surface area contributed by atoms with Crippen molar-refractivity contribution in [1.82, 2.24) is 5.32 Å². The fourth-order valence-corrected chi connectivity index (χ4v) is 2.97. The molecule has 0 aliphatic rings. The lowest BCUT2D eigenvalue weighted by molar-refractivity contribution is -0.137. The summed E-state index contributed by atoms with van der Waals surface area (Å²) in [6.07, 6.45) is -5.18. The van der Waals surface area contributed by atoms with Gasteiger partial charge in [-0.25, -0.2) is 0 Å². The Balaban J connectivity index is 1.99. The fourth-order valence-electron chi connectivity index (χ4n) is 2.97. The van der Waals surface area contributed by atoms with E-state index in [1.54, 1.807) is 24.3 Å². The average molecular weight is 449 g/mol. The second kappa shape index (κ2) is 10.9. The van der Waals surface area contributed by atoms with Gasteiger partial charge in [-0.05, 0) is 36.1 Å². The molecule has 0 bridgehead atoms. The molecule has 0 saturated carbocycles. The summed E-state index contributed by atoms with van der Waals surface area (Å²) >= 11 is 0. The molecule has 172 valence electrons. The van der Waals surface area contributed by atoms with Crippen LogP contribution in [-0.4, -0.2) is 17.8 Å². The maximum Gasteiger partial charge on any atom is 0.416 e. The number of hydrogen-bond acceptors (Lipinski definition) is 4. The molecule has 32 heavy (non-hydrogen) atoms. The Hall–Kier alpha value is -3.27. The van der Waals surface area contributed by atoms with E-state index in [1.807, 2.05) is 20.8 Å². The van der Waals surface area contributed by atoms with Gasteiger partial charge in [0.15, 0.2) is 5.84 Å². The molecule has 4 N–H and O–H groups in total. The van der Waals surface area contributed by atoms with Gasteiger partial charge in [0.1, 0.15) is 6.10 Å².